The number of aryl methyl sites for hydroxylation is 1. The Morgan fingerprint density at radius 3 is 3.08 bits per heavy atom. The van der Waals surface area contributed by atoms with Crippen LogP contribution < -0.4 is 5.32 Å². The first kappa shape index (κ1) is 7.87. The molecule has 1 aromatic heterocycles. The predicted molar refractivity (Wildman–Crippen MR) is 49.9 cm³/mol. The van der Waals surface area contributed by atoms with Crippen molar-refractivity contribution in [1.82, 2.24) is 10.3 Å². The quantitative estimate of drug-likeness (QED) is 0.702. The van der Waals surface area contributed by atoms with Crippen molar-refractivity contribution in [3.05, 3.63) is 23.0 Å². The van der Waals surface area contributed by atoms with Gasteiger partial charge in [-0.2, -0.15) is 0 Å². The maximum atomic E-state index is 3.47. The topological polar surface area (TPSA) is 27.8 Å². The number of aromatic nitrogens is 1. The van der Waals surface area contributed by atoms with Crippen molar-refractivity contribution in [3.63, 3.8) is 0 Å². The smallest absolute Gasteiger partial charge is 0.0363 e. The van der Waals surface area contributed by atoms with E-state index in [9.17, 15) is 0 Å². The van der Waals surface area contributed by atoms with E-state index in [4.69, 9.17) is 0 Å². The van der Waals surface area contributed by atoms with Gasteiger partial charge in [-0.05, 0) is 24.5 Å². The summed E-state index contributed by atoms with van der Waals surface area (Å²) >= 11 is 0. The third-order valence-corrected chi connectivity index (χ3v) is 2.46. The Hall–Kier alpha value is -0.760. The Labute approximate surface area is 73.4 Å². The Balaban J connectivity index is 2.05. The van der Waals surface area contributed by atoms with Crippen LogP contribution in [0.3, 0.4) is 0 Å². The average molecular weight is 164 g/mol. The number of unbranched alkanes of at least 4 members (excludes halogenated alkanes) is 1. The third kappa shape index (κ3) is 1.39. The lowest BCUT2D eigenvalue weighted by molar-refractivity contribution is 0.736. The molecular weight excluding hydrogens is 148 g/mol. The van der Waals surface area contributed by atoms with Crippen molar-refractivity contribution in [2.75, 3.05) is 0 Å². The van der Waals surface area contributed by atoms with E-state index < -0.39 is 0 Å². The second-order valence-electron chi connectivity index (χ2n) is 3.51. The van der Waals surface area contributed by atoms with E-state index in [1.165, 1.54) is 36.2 Å². The highest BCUT2D eigenvalue weighted by Gasteiger charge is 2.12. The molecule has 0 aromatic carbocycles. The molecule has 0 aliphatic carbocycles. The highest BCUT2D eigenvalue weighted by molar-refractivity contribution is 5.28. The van der Waals surface area contributed by atoms with Gasteiger partial charge in [0.1, 0.15) is 0 Å². The number of H-pyrrole nitrogens is 1. The summed E-state index contributed by atoms with van der Waals surface area (Å²) in [5.74, 6) is 0. The first-order valence-electron chi connectivity index (χ1n) is 4.80. The fraction of sp³-hybridized carbons (Fsp3) is 0.600. The predicted octanol–water partition coefficient (Wildman–Crippen LogP) is 1.96. The van der Waals surface area contributed by atoms with Crippen molar-refractivity contribution in [2.45, 2.75) is 39.3 Å². The lowest BCUT2D eigenvalue weighted by atomic mass is 10.2. The molecule has 0 radical (unpaired) electrons. The van der Waals surface area contributed by atoms with Crippen LogP contribution in [0.25, 0.3) is 0 Å². The van der Waals surface area contributed by atoms with Crippen LogP contribution >= 0.6 is 0 Å². The van der Waals surface area contributed by atoms with Crippen molar-refractivity contribution in [3.8, 4) is 0 Å². The van der Waals surface area contributed by atoms with Crippen LogP contribution in [0.2, 0.25) is 0 Å². The van der Waals surface area contributed by atoms with Gasteiger partial charge in [-0.1, -0.05) is 13.3 Å². The van der Waals surface area contributed by atoms with E-state index >= 15 is 0 Å². The zero-order valence-electron chi connectivity index (χ0n) is 7.61. The molecule has 0 spiro atoms. The Bertz CT molecular complexity index is 241. The monoisotopic (exact) mass is 164 g/mol. The van der Waals surface area contributed by atoms with E-state index in [1.54, 1.807) is 0 Å². The first-order chi connectivity index (χ1) is 5.90. The lowest BCUT2D eigenvalue weighted by Crippen LogP contribution is -2.02. The van der Waals surface area contributed by atoms with Crippen molar-refractivity contribution < 1.29 is 0 Å². The molecule has 1 aliphatic rings. The molecule has 0 saturated heterocycles. The molecule has 0 atom stereocenters. The molecule has 2 heterocycles. The minimum Gasteiger partial charge on any atom is -0.361 e. The number of aromatic amines is 1. The molecule has 2 N–H and O–H groups in total. The number of rotatable bonds is 3. The third-order valence-electron chi connectivity index (χ3n) is 2.46. The SMILES string of the molecule is CCCCc1cc2c([nH]1)CNC2. The summed E-state index contributed by atoms with van der Waals surface area (Å²) in [6, 6.07) is 2.31. The van der Waals surface area contributed by atoms with Gasteiger partial charge in [0.15, 0.2) is 0 Å². The van der Waals surface area contributed by atoms with E-state index in [0.29, 0.717) is 0 Å². The number of hydrogen-bond acceptors (Lipinski definition) is 1. The fourth-order valence-corrected chi connectivity index (χ4v) is 1.75. The molecule has 0 bridgehead atoms. The molecular formula is C10H16N2. The average Bonchev–Trinajstić information content (AvgIpc) is 2.58. The van der Waals surface area contributed by atoms with Gasteiger partial charge in [-0.25, -0.2) is 0 Å². The molecule has 0 saturated carbocycles. The summed E-state index contributed by atoms with van der Waals surface area (Å²) in [5, 5.41) is 3.32. The number of nitrogens with one attached hydrogen (secondary N) is 2. The molecule has 2 rings (SSSR count). The zero-order valence-corrected chi connectivity index (χ0v) is 7.61. The molecule has 2 heteroatoms. The van der Waals surface area contributed by atoms with Gasteiger partial charge in [0.2, 0.25) is 0 Å². The second-order valence-corrected chi connectivity index (χ2v) is 3.51. The Morgan fingerprint density at radius 2 is 2.33 bits per heavy atom. The highest BCUT2D eigenvalue weighted by Crippen LogP contribution is 2.17. The van der Waals surface area contributed by atoms with Crippen LogP contribution in [0.1, 0.15) is 36.7 Å². The molecule has 1 aromatic rings. The number of fused-ring (bicyclic) bond motifs is 1. The van der Waals surface area contributed by atoms with E-state index in [2.05, 4.69) is 23.3 Å². The van der Waals surface area contributed by atoms with Crippen LogP contribution in [-0.2, 0) is 19.5 Å². The van der Waals surface area contributed by atoms with Gasteiger partial charge in [0, 0.05) is 24.5 Å². The summed E-state index contributed by atoms with van der Waals surface area (Å²) in [6.45, 7) is 4.32. The molecule has 0 unspecified atom stereocenters. The molecule has 0 fully saturated rings. The summed E-state index contributed by atoms with van der Waals surface area (Å²) in [4.78, 5) is 3.47. The van der Waals surface area contributed by atoms with Gasteiger partial charge < -0.3 is 10.3 Å². The standard InChI is InChI=1S/C10H16N2/c1-2-3-4-9-5-8-6-11-7-10(8)12-9/h5,11-12H,2-4,6-7H2,1H3. The van der Waals surface area contributed by atoms with Crippen molar-refractivity contribution in [2.24, 2.45) is 0 Å². The van der Waals surface area contributed by atoms with E-state index in [-0.39, 0.29) is 0 Å². The van der Waals surface area contributed by atoms with Gasteiger partial charge >= 0.3 is 0 Å². The maximum absolute atomic E-state index is 3.47. The molecule has 1 aliphatic heterocycles. The second kappa shape index (κ2) is 3.31. The molecule has 12 heavy (non-hydrogen) atoms. The van der Waals surface area contributed by atoms with Crippen LogP contribution in [-0.4, -0.2) is 4.98 Å². The first-order valence-corrected chi connectivity index (χ1v) is 4.80. The van der Waals surface area contributed by atoms with E-state index in [0.717, 1.165) is 13.1 Å². The summed E-state index contributed by atoms with van der Waals surface area (Å²) in [7, 11) is 0. The minimum absolute atomic E-state index is 1.03. The van der Waals surface area contributed by atoms with Crippen molar-refractivity contribution in [1.29, 1.82) is 0 Å². The highest BCUT2D eigenvalue weighted by atomic mass is 14.9. The Kier molecular flexibility index (Phi) is 2.17. The van der Waals surface area contributed by atoms with E-state index in [1.807, 2.05) is 0 Å². The largest absolute Gasteiger partial charge is 0.361 e. The molecule has 0 amide bonds. The van der Waals surface area contributed by atoms with Gasteiger partial charge in [-0.3, -0.25) is 0 Å². The maximum Gasteiger partial charge on any atom is 0.0363 e. The Morgan fingerprint density at radius 1 is 1.42 bits per heavy atom. The van der Waals surface area contributed by atoms with Crippen LogP contribution in [0.15, 0.2) is 6.07 Å². The van der Waals surface area contributed by atoms with Crippen LogP contribution in [0.5, 0.6) is 0 Å². The normalized spacial score (nSPS) is 15.1. The van der Waals surface area contributed by atoms with Crippen LogP contribution in [0.4, 0.5) is 0 Å². The number of hydrogen-bond donors (Lipinski definition) is 2. The zero-order chi connectivity index (χ0) is 8.39. The fourth-order valence-electron chi connectivity index (χ4n) is 1.75. The molecule has 66 valence electrons. The van der Waals surface area contributed by atoms with Crippen LogP contribution in [0, 0.1) is 0 Å². The van der Waals surface area contributed by atoms with Gasteiger partial charge in [-0.15, -0.1) is 0 Å². The summed E-state index contributed by atoms with van der Waals surface area (Å²) in [5.41, 5.74) is 4.30. The summed E-state index contributed by atoms with van der Waals surface area (Å²) in [6.07, 6.45) is 3.79. The minimum atomic E-state index is 1.03. The summed E-state index contributed by atoms with van der Waals surface area (Å²) < 4.78 is 0. The van der Waals surface area contributed by atoms with Crippen molar-refractivity contribution >= 4 is 0 Å². The lowest BCUT2D eigenvalue weighted by Gasteiger charge is -1.95. The van der Waals surface area contributed by atoms with Gasteiger partial charge in [0.25, 0.3) is 0 Å². The molecule has 2 nitrogen and oxygen atoms in total. The van der Waals surface area contributed by atoms with Gasteiger partial charge in [0.05, 0.1) is 0 Å².